The molecule has 0 spiro atoms. The number of hydrogen-bond acceptors (Lipinski definition) is 6. The lowest BCUT2D eigenvalue weighted by Crippen LogP contribution is -2.35. The highest BCUT2D eigenvalue weighted by Crippen LogP contribution is 2.26. The van der Waals surface area contributed by atoms with Crippen molar-refractivity contribution in [1.29, 1.82) is 0 Å². The maximum atomic E-state index is 11.7. The Morgan fingerprint density at radius 2 is 2.17 bits per heavy atom. The van der Waals surface area contributed by atoms with Crippen molar-refractivity contribution in [3.05, 3.63) is 29.8 Å². The molecule has 23 heavy (non-hydrogen) atoms. The second-order valence-electron chi connectivity index (χ2n) is 4.91. The van der Waals surface area contributed by atoms with Crippen LogP contribution in [0.4, 0.5) is 0 Å². The summed E-state index contributed by atoms with van der Waals surface area (Å²) in [6, 6.07) is 4.58. The van der Waals surface area contributed by atoms with Crippen molar-refractivity contribution in [2.24, 2.45) is 0 Å². The lowest BCUT2D eigenvalue weighted by Gasteiger charge is -2.12. The van der Waals surface area contributed by atoms with Gasteiger partial charge in [0.05, 0.1) is 7.11 Å². The molecule has 1 saturated heterocycles. The summed E-state index contributed by atoms with van der Waals surface area (Å²) >= 11 is 0. The molecule has 7 nitrogen and oxygen atoms in total. The van der Waals surface area contributed by atoms with Crippen molar-refractivity contribution >= 4 is 23.9 Å². The van der Waals surface area contributed by atoms with Crippen LogP contribution in [0.5, 0.6) is 11.5 Å². The Hall–Kier alpha value is -2.83. The summed E-state index contributed by atoms with van der Waals surface area (Å²) in [4.78, 5) is 35.8. The molecule has 2 rings (SSSR count). The number of imide groups is 1. The molecule has 2 amide bonds. The first kappa shape index (κ1) is 16.5. The Morgan fingerprint density at radius 1 is 1.39 bits per heavy atom. The summed E-state index contributed by atoms with van der Waals surface area (Å²) in [5.74, 6) is -1.17. The van der Waals surface area contributed by atoms with Gasteiger partial charge in [0.15, 0.2) is 18.1 Å². The number of phenols is 1. The zero-order chi connectivity index (χ0) is 16.8. The lowest BCUT2D eigenvalue weighted by atomic mass is 10.2. The minimum absolute atomic E-state index is 0.00639. The molecular formula is C16H17NO6. The maximum absolute atomic E-state index is 11.7. The summed E-state index contributed by atoms with van der Waals surface area (Å²) < 4.78 is 9.77. The highest BCUT2D eigenvalue weighted by atomic mass is 16.5. The van der Waals surface area contributed by atoms with Crippen LogP contribution in [0.15, 0.2) is 24.3 Å². The smallest absolute Gasteiger partial charge is 0.331 e. The fraction of sp³-hybridized carbons (Fsp3) is 0.312. The van der Waals surface area contributed by atoms with E-state index in [9.17, 15) is 19.5 Å². The fourth-order valence-electron chi connectivity index (χ4n) is 2.13. The molecule has 0 aliphatic carbocycles. The van der Waals surface area contributed by atoms with Gasteiger partial charge in [-0.2, -0.15) is 0 Å². The predicted octanol–water partition coefficient (Wildman–Crippen LogP) is 1.11. The topological polar surface area (TPSA) is 93.1 Å². The van der Waals surface area contributed by atoms with Crippen LogP contribution >= 0.6 is 0 Å². The second kappa shape index (κ2) is 7.44. The quantitative estimate of drug-likeness (QED) is 0.645. The summed E-state index contributed by atoms with van der Waals surface area (Å²) in [6.45, 7) is -0.0911. The number of benzene rings is 1. The van der Waals surface area contributed by atoms with E-state index >= 15 is 0 Å². The van der Waals surface area contributed by atoms with Crippen LogP contribution in [0, 0.1) is 0 Å². The van der Waals surface area contributed by atoms with E-state index in [2.05, 4.69) is 0 Å². The molecule has 1 N–H and O–H groups in total. The lowest BCUT2D eigenvalue weighted by molar-refractivity contribution is -0.151. The van der Waals surface area contributed by atoms with E-state index in [0.717, 1.165) is 11.0 Å². The van der Waals surface area contributed by atoms with E-state index in [-0.39, 0.29) is 17.4 Å². The van der Waals surface area contributed by atoms with Gasteiger partial charge in [-0.25, -0.2) is 4.79 Å². The average molecular weight is 319 g/mol. The highest BCUT2D eigenvalue weighted by Gasteiger charge is 2.26. The Labute approximate surface area is 133 Å². The van der Waals surface area contributed by atoms with Crippen molar-refractivity contribution in [2.45, 2.75) is 12.8 Å². The Morgan fingerprint density at radius 3 is 2.83 bits per heavy atom. The van der Waals surface area contributed by atoms with Gasteiger partial charge >= 0.3 is 5.97 Å². The SMILES string of the molecule is COc1cc(/C=C/C(=O)OCC(=O)N2CCCC2=O)ccc1O. The van der Waals surface area contributed by atoms with E-state index in [1.54, 1.807) is 12.1 Å². The standard InChI is InChI=1S/C16H17NO6/c1-22-13-9-11(4-6-12(13)18)5-7-16(21)23-10-15(20)17-8-2-3-14(17)19/h4-7,9,18H,2-3,8,10H2,1H3/b7-5+. The van der Waals surface area contributed by atoms with Gasteiger partial charge in [0.25, 0.3) is 5.91 Å². The van der Waals surface area contributed by atoms with E-state index in [1.807, 2.05) is 0 Å². The summed E-state index contributed by atoms with van der Waals surface area (Å²) in [5.41, 5.74) is 0.623. The molecule has 1 heterocycles. The molecule has 122 valence electrons. The third-order valence-electron chi connectivity index (χ3n) is 3.33. The Balaban J connectivity index is 1.87. The van der Waals surface area contributed by atoms with Crippen molar-refractivity contribution in [3.63, 3.8) is 0 Å². The monoisotopic (exact) mass is 319 g/mol. The van der Waals surface area contributed by atoms with Gasteiger partial charge < -0.3 is 14.6 Å². The van der Waals surface area contributed by atoms with Crippen LogP contribution < -0.4 is 4.74 Å². The first-order chi connectivity index (χ1) is 11.0. The van der Waals surface area contributed by atoms with Crippen LogP contribution in [0.25, 0.3) is 6.08 Å². The molecule has 1 aliphatic heterocycles. The fourth-order valence-corrected chi connectivity index (χ4v) is 2.13. The first-order valence-corrected chi connectivity index (χ1v) is 7.06. The van der Waals surface area contributed by atoms with Crippen molar-refractivity contribution in [3.8, 4) is 11.5 Å². The number of methoxy groups -OCH3 is 1. The molecule has 1 aromatic carbocycles. The maximum Gasteiger partial charge on any atom is 0.331 e. The van der Waals surface area contributed by atoms with Crippen LogP contribution in [0.1, 0.15) is 18.4 Å². The summed E-state index contributed by atoms with van der Waals surface area (Å²) in [7, 11) is 1.42. The van der Waals surface area contributed by atoms with Crippen molar-refractivity contribution in [1.82, 2.24) is 4.90 Å². The van der Waals surface area contributed by atoms with Gasteiger partial charge in [-0.3, -0.25) is 14.5 Å². The zero-order valence-corrected chi connectivity index (χ0v) is 12.7. The third kappa shape index (κ3) is 4.32. The number of amides is 2. The van der Waals surface area contributed by atoms with Crippen LogP contribution in [-0.2, 0) is 19.1 Å². The van der Waals surface area contributed by atoms with Gasteiger partial charge in [0.1, 0.15) is 0 Å². The van der Waals surface area contributed by atoms with Gasteiger partial charge in [-0.1, -0.05) is 6.07 Å². The number of ether oxygens (including phenoxy) is 2. The number of aromatic hydroxyl groups is 1. The van der Waals surface area contributed by atoms with E-state index in [4.69, 9.17) is 9.47 Å². The molecule has 0 saturated carbocycles. The minimum atomic E-state index is -0.697. The van der Waals surface area contributed by atoms with E-state index in [1.165, 1.54) is 19.3 Å². The molecule has 1 aliphatic rings. The minimum Gasteiger partial charge on any atom is -0.504 e. The molecule has 1 fully saturated rings. The molecule has 0 unspecified atom stereocenters. The van der Waals surface area contributed by atoms with Gasteiger partial charge in [0.2, 0.25) is 5.91 Å². The molecule has 0 radical (unpaired) electrons. The Bertz CT molecular complexity index is 652. The van der Waals surface area contributed by atoms with E-state index < -0.39 is 18.5 Å². The first-order valence-electron chi connectivity index (χ1n) is 7.06. The molecule has 0 atom stereocenters. The largest absolute Gasteiger partial charge is 0.504 e. The highest BCUT2D eigenvalue weighted by molar-refractivity contribution is 5.98. The molecule has 1 aromatic rings. The van der Waals surface area contributed by atoms with Gasteiger partial charge in [0, 0.05) is 19.0 Å². The zero-order valence-electron chi connectivity index (χ0n) is 12.7. The third-order valence-corrected chi connectivity index (χ3v) is 3.33. The number of nitrogens with zero attached hydrogens (tertiary/aromatic N) is 1. The predicted molar refractivity (Wildman–Crippen MR) is 80.6 cm³/mol. The van der Waals surface area contributed by atoms with Crippen LogP contribution in [0.2, 0.25) is 0 Å². The van der Waals surface area contributed by atoms with Gasteiger partial charge in [-0.15, -0.1) is 0 Å². The summed E-state index contributed by atoms with van der Waals surface area (Å²) in [5, 5.41) is 9.47. The number of rotatable bonds is 5. The average Bonchev–Trinajstić information content (AvgIpc) is 2.98. The van der Waals surface area contributed by atoms with Crippen molar-refractivity contribution < 1.29 is 29.0 Å². The second-order valence-corrected chi connectivity index (χ2v) is 4.91. The van der Waals surface area contributed by atoms with E-state index in [0.29, 0.717) is 24.9 Å². The van der Waals surface area contributed by atoms with Crippen LogP contribution in [-0.4, -0.2) is 48.1 Å². The number of hydrogen-bond donors (Lipinski definition) is 1. The van der Waals surface area contributed by atoms with Crippen molar-refractivity contribution in [2.75, 3.05) is 20.3 Å². The van der Waals surface area contributed by atoms with Gasteiger partial charge in [-0.05, 0) is 30.2 Å². The normalized spacial score (nSPS) is 14.3. The molecule has 0 bridgehead atoms. The number of esters is 1. The number of likely N-dealkylation sites (tertiary alicyclic amines) is 1. The molecule has 7 heteroatoms. The number of phenolic OH excluding ortho intramolecular Hbond substituents is 1. The number of carbonyl (C=O) groups is 3. The molecular weight excluding hydrogens is 302 g/mol. The number of carbonyl (C=O) groups excluding carboxylic acids is 3. The summed E-state index contributed by atoms with van der Waals surface area (Å²) in [6.07, 6.45) is 3.62. The Kier molecular flexibility index (Phi) is 5.35. The van der Waals surface area contributed by atoms with Crippen LogP contribution in [0.3, 0.4) is 0 Å². The molecule has 0 aromatic heterocycles.